The molecule has 0 aliphatic carbocycles. The zero-order valence-corrected chi connectivity index (χ0v) is 30.9. The predicted octanol–water partition coefficient (Wildman–Crippen LogP) is 14.1. The fraction of sp³-hybridized carbons (Fsp3) is 0. The van der Waals surface area contributed by atoms with Crippen LogP contribution in [-0.4, -0.2) is 15.0 Å². The summed E-state index contributed by atoms with van der Waals surface area (Å²) in [6.45, 7) is 0. The molecule has 0 spiro atoms. The lowest BCUT2D eigenvalue weighted by Crippen LogP contribution is -2.00. The molecule has 0 aliphatic rings. The molecule has 0 aliphatic heterocycles. The van der Waals surface area contributed by atoms with Gasteiger partial charge in [-0.05, 0) is 88.0 Å². The summed E-state index contributed by atoms with van der Waals surface area (Å²) in [5.41, 5.74) is 11.4. The molecule has 262 valence electrons. The first-order chi connectivity index (χ1) is 27.7. The van der Waals surface area contributed by atoms with Crippen molar-refractivity contribution in [2.45, 2.75) is 0 Å². The van der Waals surface area contributed by atoms with Crippen LogP contribution < -0.4 is 0 Å². The first-order valence-corrected chi connectivity index (χ1v) is 19.5. The molecule has 5 heteroatoms. The molecule has 0 fully saturated rings. The van der Waals surface area contributed by atoms with E-state index in [2.05, 4.69) is 146 Å². The van der Waals surface area contributed by atoms with Crippen molar-refractivity contribution in [1.82, 2.24) is 15.0 Å². The Labute approximate surface area is 327 Å². The number of benzene rings is 8. The summed E-state index contributed by atoms with van der Waals surface area (Å²) in [5.74, 6) is 1.85. The van der Waals surface area contributed by atoms with Crippen LogP contribution in [0.5, 0.6) is 0 Å². The van der Waals surface area contributed by atoms with Gasteiger partial charge in [0.25, 0.3) is 0 Å². The summed E-state index contributed by atoms with van der Waals surface area (Å²) >= 11 is 1.80. The van der Waals surface area contributed by atoms with Crippen LogP contribution in [0.1, 0.15) is 0 Å². The molecular formula is C51H31N3OS. The van der Waals surface area contributed by atoms with Gasteiger partial charge in [0.15, 0.2) is 17.5 Å². The molecular weight excluding hydrogens is 703 g/mol. The molecule has 0 radical (unpaired) electrons. The van der Waals surface area contributed by atoms with Crippen LogP contribution in [0.25, 0.3) is 110 Å². The highest BCUT2D eigenvalue weighted by Crippen LogP contribution is 2.40. The third kappa shape index (κ3) is 5.65. The van der Waals surface area contributed by atoms with E-state index in [0.717, 1.165) is 55.3 Å². The maximum Gasteiger partial charge on any atom is 0.164 e. The van der Waals surface area contributed by atoms with Crippen LogP contribution in [0.2, 0.25) is 0 Å². The first kappa shape index (κ1) is 32.2. The zero-order chi connectivity index (χ0) is 37.0. The molecule has 0 amide bonds. The average Bonchev–Trinajstić information content (AvgIpc) is 3.85. The summed E-state index contributed by atoms with van der Waals surface area (Å²) < 4.78 is 9.00. The predicted molar refractivity (Wildman–Crippen MR) is 233 cm³/mol. The maximum atomic E-state index is 6.49. The summed E-state index contributed by atoms with van der Waals surface area (Å²) in [5, 5.41) is 4.43. The van der Waals surface area contributed by atoms with E-state index >= 15 is 0 Å². The number of thiophene rings is 1. The van der Waals surface area contributed by atoms with Crippen molar-refractivity contribution in [3.8, 4) is 67.5 Å². The highest BCUT2D eigenvalue weighted by Gasteiger charge is 2.19. The molecule has 0 atom stereocenters. The Bertz CT molecular complexity index is 3260. The third-order valence-electron chi connectivity index (χ3n) is 10.5. The smallest absolute Gasteiger partial charge is 0.164 e. The van der Waals surface area contributed by atoms with E-state index in [1.165, 1.54) is 36.9 Å². The van der Waals surface area contributed by atoms with Crippen LogP contribution in [-0.2, 0) is 0 Å². The molecule has 3 heterocycles. The van der Waals surface area contributed by atoms with Gasteiger partial charge in [0.2, 0.25) is 0 Å². The largest absolute Gasteiger partial charge is 0.456 e. The van der Waals surface area contributed by atoms with Crippen molar-refractivity contribution in [3.63, 3.8) is 0 Å². The van der Waals surface area contributed by atoms with Crippen molar-refractivity contribution >= 4 is 53.4 Å². The van der Waals surface area contributed by atoms with Gasteiger partial charge in [-0.1, -0.05) is 133 Å². The lowest BCUT2D eigenvalue weighted by atomic mass is 9.95. The Hall–Kier alpha value is -7.21. The fourth-order valence-corrected chi connectivity index (χ4v) is 8.87. The second-order valence-electron chi connectivity index (χ2n) is 14.0. The van der Waals surface area contributed by atoms with Gasteiger partial charge in [-0.15, -0.1) is 11.3 Å². The number of hydrogen-bond acceptors (Lipinski definition) is 5. The van der Waals surface area contributed by atoms with E-state index in [1.54, 1.807) is 11.3 Å². The van der Waals surface area contributed by atoms with Gasteiger partial charge >= 0.3 is 0 Å². The number of furan rings is 1. The van der Waals surface area contributed by atoms with Gasteiger partial charge in [-0.3, -0.25) is 0 Å². The van der Waals surface area contributed by atoms with Crippen molar-refractivity contribution in [3.05, 3.63) is 188 Å². The van der Waals surface area contributed by atoms with Crippen molar-refractivity contribution in [2.24, 2.45) is 0 Å². The van der Waals surface area contributed by atoms with Crippen molar-refractivity contribution < 1.29 is 4.42 Å². The van der Waals surface area contributed by atoms with Gasteiger partial charge in [-0.2, -0.15) is 0 Å². The molecule has 0 unspecified atom stereocenters. The number of fused-ring (bicyclic) bond motifs is 6. The van der Waals surface area contributed by atoms with E-state index in [0.29, 0.717) is 17.5 Å². The minimum absolute atomic E-state index is 0.600. The monoisotopic (exact) mass is 733 g/mol. The second-order valence-corrected chi connectivity index (χ2v) is 15.1. The lowest BCUT2D eigenvalue weighted by Gasteiger charge is -2.10. The number of hydrogen-bond donors (Lipinski definition) is 0. The van der Waals surface area contributed by atoms with Crippen LogP contribution in [0, 0.1) is 0 Å². The van der Waals surface area contributed by atoms with Gasteiger partial charge in [0.1, 0.15) is 11.2 Å². The Kier molecular flexibility index (Phi) is 7.64. The Balaban J connectivity index is 1.05. The fourth-order valence-electron chi connectivity index (χ4n) is 7.79. The minimum atomic E-state index is 0.600. The van der Waals surface area contributed by atoms with Gasteiger partial charge in [0, 0.05) is 47.6 Å². The molecule has 0 saturated carbocycles. The average molecular weight is 734 g/mol. The Morgan fingerprint density at radius 3 is 1.61 bits per heavy atom. The zero-order valence-electron chi connectivity index (χ0n) is 30.1. The Morgan fingerprint density at radius 1 is 0.321 bits per heavy atom. The van der Waals surface area contributed by atoms with E-state index in [4.69, 9.17) is 19.4 Å². The highest BCUT2D eigenvalue weighted by atomic mass is 32.1. The van der Waals surface area contributed by atoms with E-state index in [-0.39, 0.29) is 0 Å². The van der Waals surface area contributed by atoms with Gasteiger partial charge in [-0.25, -0.2) is 15.0 Å². The van der Waals surface area contributed by atoms with Crippen LogP contribution in [0.3, 0.4) is 0 Å². The molecule has 0 N–H and O–H groups in total. The van der Waals surface area contributed by atoms with Crippen LogP contribution >= 0.6 is 11.3 Å². The van der Waals surface area contributed by atoms with Gasteiger partial charge < -0.3 is 4.42 Å². The van der Waals surface area contributed by atoms with E-state index in [1.807, 2.05) is 42.5 Å². The lowest BCUT2D eigenvalue weighted by molar-refractivity contribution is 0.669. The van der Waals surface area contributed by atoms with Crippen molar-refractivity contribution in [2.75, 3.05) is 0 Å². The molecule has 4 nitrogen and oxygen atoms in total. The Morgan fingerprint density at radius 2 is 0.857 bits per heavy atom. The second kappa shape index (κ2) is 13.3. The quantitative estimate of drug-likeness (QED) is 0.171. The van der Waals surface area contributed by atoms with E-state index in [9.17, 15) is 0 Å². The molecule has 56 heavy (non-hydrogen) atoms. The normalized spacial score (nSPS) is 11.6. The van der Waals surface area contributed by atoms with Crippen LogP contribution in [0.15, 0.2) is 192 Å². The molecule has 0 bridgehead atoms. The molecule has 11 rings (SSSR count). The SMILES string of the molecule is c1ccc(-c2cccc(-c3cccc(-c4ccc5oc6cccc(-c7nc(-c8ccccc8)nc(-c8ccc9sc%10ccccc%10c9c8)n7)c6c5c4)c3)c2)cc1. The summed E-state index contributed by atoms with van der Waals surface area (Å²) in [6.07, 6.45) is 0. The molecule has 0 saturated heterocycles. The minimum Gasteiger partial charge on any atom is -0.456 e. The summed E-state index contributed by atoms with van der Waals surface area (Å²) in [4.78, 5) is 15.4. The molecule has 3 aromatic heterocycles. The van der Waals surface area contributed by atoms with Crippen molar-refractivity contribution in [1.29, 1.82) is 0 Å². The topological polar surface area (TPSA) is 51.8 Å². The molecule has 8 aromatic carbocycles. The molecule has 11 aromatic rings. The first-order valence-electron chi connectivity index (χ1n) is 18.7. The summed E-state index contributed by atoms with van der Waals surface area (Å²) in [7, 11) is 0. The van der Waals surface area contributed by atoms with Gasteiger partial charge in [0.05, 0.1) is 0 Å². The highest BCUT2D eigenvalue weighted by molar-refractivity contribution is 7.25. The maximum absolute atomic E-state index is 6.49. The van der Waals surface area contributed by atoms with Crippen LogP contribution in [0.4, 0.5) is 0 Å². The van der Waals surface area contributed by atoms with E-state index < -0.39 is 0 Å². The standard InChI is InChI=1S/C51H31N3OS/c1-3-12-32(13-4-1)34-16-9-17-35(28-34)36-18-10-19-37(29-36)38-24-26-44-43(30-38)48-41(21-11-22-45(48)55-44)51-53-49(33-14-5-2-6-15-33)52-50(54-51)39-25-27-47-42(31-39)40-20-7-8-23-46(40)56-47/h1-31H. The third-order valence-corrected chi connectivity index (χ3v) is 11.7. The summed E-state index contributed by atoms with van der Waals surface area (Å²) in [6, 6.07) is 65.8. The number of nitrogens with zero attached hydrogens (tertiary/aromatic N) is 3. The number of aromatic nitrogens is 3. The number of rotatable bonds is 6.